The summed E-state index contributed by atoms with van der Waals surface area (Å²) < 4.78 is 0. The van der Waals surface area contributed by atoms with Gasteiger partial charge in [0.05, 0.1) is 0 Å². The molecule has 2 aliphatic heterocycles. The Labute approximate surface area is 106 Å². The lowest BCUT2D eigenvalue weighted by atomic mass is 9.64. The summed E-state index contributed by atoms with van der Waals surface area (Å²) in [6.45, 7) is 7.86. The Balaban J connectivity index is 2.04. The molecule has 1 heteroatoms. The van der Waals surface area contributed by atoms with E-state index >= 15 is 0 Å². The quantitative estimate of drug-likeness (QED) is 0.712. The molecule has 0 spiro atoms. The summed E-state index contributed by atoms with van der Waals surface area (Å²) in [5.41, 5.74) is 0.754. The molecule has 3 fully saturated rings. The summed E-state index contributed by atoms with van der Waals surface area (Å²) in [5.74, 6) is 0. The summed E-state index contributed by atoms with van der Waals surface area (Å²) in [6, 6.07) is 0. The van der Waals surface area contributed by atoms with Crippen molar-refractivity contribution in [3.8, 4) is 0 Å². The van der Waals surface area contributed by atoms with Crippen molar-refractivity contribution < 1.29 is 0 Å². The monoisotopic (exact) mass is 233 g/mol. The third kappa shape index (κ3) is 2.82. The second kappa shape index (κ2) is 5.39. The fourth-order valence-electron chi connectivity index (χ4n) is 3.95. The number of nitrogens with one attached hydrogen (secondary N) is 1. The van der Waals surface area contributed by atoms with E-state index in [1.54, 1.807) is 0 Å². The van der Waals surface area contributed by atoms with Gasteiger partial charge < -0.3 is 5.32 Å². The van der Waals surface area contributed by atoms with Gasteiger partial charge >= 0.3 is 0 Å². The Hall–Kier alpha value is -0.560. The number of rotatable bonds is 4. The van der Waals surface area contributed by atoms with Crippen LogP contribution >= 0.6 is 0 Å². The van der Waals surface area contributed by atoms with Crippen molar-refractivity contribution >= 4 is 0 Å². The first kappa shape index (κ1) is 12.9. The van der Waals surface area contributed by atoms with E-state index in [1.807, 2.05) is 0 Å². The lowest BCUT2D eigenvalue weighted by Gasteiger charge is -2.59. The zero-order chi connectivity index (χ0) is 12.2. The summed E-state index contributed by atoms with van der Waals surface area (Å²) in [5, 5.41) is 3.94. The average molecular weight is 233 g/mol. The molecule has 2 unspecified atom stereocenters. The molecule has 3 aliphatic rings. The number of fused-ring (bicyclic) bond motifs is 6. The highest BCUT2D eigenvalue weighted by atomic mass is 15.1. The van der Waals surface area contributed by atoms with Crippen molar-refractivity contribution in [1.82, 2.24) is 5.32 Å². The Kier molecular flexibility index (Phi) is 4.09. The van der Waals surface area contributed by atoms with Gasteiger partial charge in [-0.05, 0) is 32.1 Å². The highest BCUT2D eigenvalue weighted by Gasteiger charge is 2.51. The molecular weight excluding hydrogens is 206 g/mol. The van der Waals surface area contributed by atoms with E-state index in [-0.39, 0.29) is 0 Å². The number of hydrogen-bond donors (Lipinski definition) is 1. The first-order valence-electron chi connectivity index (χ1n) is 7.25. The van der Waals surface area contributed by atoms with Gasteiger partial charge in [-0.25, -0.2) is 0 Å². The summed E-state index contributed by atoms with van der Waals surface area (Å²) in [7, 11) is 0. The van der Waals surface area contributed by atoms with E-state index in [1.165, 1.54) is 51.4 Å². The van der Waals surface area contributed by atoms with Crippen LogP contribution in [-0.4, -0.2) is 11.1 Å². The number of hydrogen-bond acceptors (Lipinski definition) is 1. The highest BCUT2D eigenvalue weighted by Crippen LogP contribution is 2.45. The van der Waals surface area contributed by atoms with Crippen LogP contribution in [0, 0.1) is 0 Å². The lowest BCUT2D eigenvalue weighted by Crippen LogP contribution is -2.71. The molecule has 2 heterocycles. The van der Waals surface area contributed by atoms with Crippen LogP contribution in [0.1, 0.15) is 64.2 Å². The standard InChI is InChI=1S/C16H27N/c1-3-10-15-12-8-6-5-7-9-13-16(14-15,17-15)11-4-2/h3-4,17H,1-2,5-14H2. The first-order valence-corrected chi connectivity index (χ1v) is 7.25. The Morgan fingerprint density at radius 2 is 1.24 bits per heavy atom. The van der Waals surface area contributed by atoms with Gasteiger partial charge in [0.1, 0.15) is 0 Å². The molecule has 1 aliphatic carbocycles. The second-order valence-corrected chi connectivity index (χ2v) is 6.12. The smallest absolute Gasteiger partial charge is 0.0238 e. The topological polar surface area (TPSA) is 12.0 Å². The molecule has 96 valence electrons. The minimum absolute atomic E-state index is 0.377. The first-order chi connectivity index (χ1) is 8.24. The van der Waals surface area contributed by atoms with Gasteiger partial charge in [0.2, 0.25) is 0 Å². The Morgan fingerprint density at radius 1 is 0.824 bits per heavy atom. The van der Waals surface area contributed by atoms with Gasteiger partial charge in [-0.2, -0.15) is 0 Å². The zero-order valence-corrected chi connectivity index (χ0v) is 11.1. The molecule has 1 N–H and O–H groups in total. The Morgan fingerprint density at radius 3 is 1.65 bits per heavy atom. The van der Waals surface area contributed by atoms with Gasteiger partial charge in [0, 0.05) is 11.1 Å². The average Bonchev–Trinajstić information content (AvgIpc) is 2.27. The maximum absolute atomic E-state index is 3.94. The Bertz CT molecular complexity index is 247. The van der Waals surface area contributed by atoms with Crippen LogP contribution in [0.25, 0.3) is 0 Å². The van der Waals surface area contributed by atoms with Crippen LogP contribution in [0.4, 0.5) is 0 Å². The molecule has 1 nitrogen and oxygen atoms in total. The molecule has 1 saturated carbocycles. The molecule has 3 rings (SSSR count). The van der Waals surface area contributed by atoms with E-state index in [2.05, 4.69) is 30.6 Å². The van der Waals surface area contributed by atoms with Crippen molar-refractivity contribution in [3.05, 3.63) is 25.3 Å². The van der Waals surface area contributed by atoms with Crippen LogP contribution in [0.3, 0.4) is 0 Å². The van der Waals surface area contributed by atoms with Crippen LogP contribution < -0.4 is 5.32 Å². The molecule has 0 amide bonds. The molecule has 2 saturated heterocycles. The van der Waals surface area contributed by atoms with Crippen LogP contribution in [0.2, 0.25) is 0 Å². The third-order valence-corrected chi connectivity index (χ3v) is 4.59. The van der Waals surface area contributed by atoms with Gasteiger partial charge in [0.25, 0.3) is 0 Å². The molecule has 17 heavy (non-hydrogen) atoms. The normalized spacial score (nSPS) is 37.9. The second-order valence-electron chi connectivity index (χ2n) is 6.12. The predicted octanol–water partition coefficient (Wildman–Crippen LogP) is 4.35. The van der Waals surface area contributed by atoms with Crippen molar-refractivity contribution in [3.63, 3.8) is 0 Å². The van der Waals surface area contributed by atoms with E-state index in [9.17, 15) is 0 Å². The maximum atomic E-state index is 3.94. The van der Waals surface area contributed by atoms with Gasteiger partial charge in [-0.3, -0.25) is 0 Å². The fourth-order valence-corrected chi connectivity index (χ4v) is 3.95. The minimum atomic E-state index is 0.377. The summed E-state index contributed by atoms with van der Waals surface area (Å²) in [6.07, 6.45) is 17.5. The van der Waals surface area contributed by atoms with E-state index in [0.29, 0.717) is 11.1 Å². The fraction of sp³-hybridized carbons (Fsp3) is 0.750. The predicted molar refractivity (Wildman–Crippen MR) is 75.2 cm³/mol. The molecule has 2 atom stereocenters. The highest BCUT2D eigenvalue weighted by molar-refractivity contribution is 5.16. The SMILES string of the molecule is C=CCC12CCCCCCCC(CC=C)(C1)N2. The van der Waals surface area contributed by atoms with Gasteiger partial charge in [0.15, 0.2) is 0 Å². The van der Waals surface area contributed by atoms with Crippen LogP contribution in [0.15, 0.2) is 25.3 Å². The van der Waals surface area contributed by atoms with Crippen molar-refractivity contribution in [2.24, 2.45) is 0 Å². The minimum Gasteiger partial charge on any atom is -0.305 e. The molecular formula is C16H27N. The summed E-state index contributed by atoms with van der Waals surface area (Å²) >= 11 is 0. The van der Waals surface area contributed by atoms with Gasteiger partial charge in [-0.1, -0.05) is 44.3 Å². The van der Waals surface area contributed by atoms with E-state index < -0.39 is 0 Å². The van der Waals surface area contributed by atoms with Crippen molar-refractivity contribution in [2.75, 3.05) is 0 Å². The molecule has 0 aromatic rings. The van der Waals surface area contributed by atoms with Gasteiger partial charge in [-0.15, -0.1) is 13.2 Å². The van der Waals surface area contributed by atoms with Crippen molar-refractivity contribution in [1.29, 1.82) is 0 Å². The lowest BCUT2D eigenvalue weighted by molar-refractivity contribution is 0.0247. The van der Waals surface area contributed by atoms with Crippen molar-refractivity contribution in [2.45, 2.75) is 75.3 Å². The molecule has 0 aromatic heterocycles. The largest absolute Gasteiger partial charge is 0.305 e. The summed E-state index contributed by atoms with van der Waals surface area (Å²) in [4.78, 5) is 0. The van der Waals surface area contributed by atoms with E-state index in [4.69, 9.17) is 0 Å². The van der Waals surface area contributed by atoms with E-state index in [0.717, 1.165) is 12.8 Å². The zero-order valence-electron chi connectivity index (χ0n) is 11.1. The molecule has 0 radical (unpaired) electrons. The van der Waals surface area contributed by atoms with Crippen LogP contribution in [0.5, 0.6) is 0 Å². The maximum Gasteiger partial charge on any atom is 0.0238 e. The van der Waals surface area contributed by atoms with Crippen LogP contribution in [-0.2, 0) is 0 Å². The molecule has 0 aromatic carbocycles. The third-order valence-electron chi connectivity index (χ3n) is 4.59. The molecule has 2 bridgehead atoms.